The lowest BCUT2D eigenvalue weighted by Gasteiger charge is -2.36. The number of aryl methyl sites for hydroxylation is 1. The average molecular weight is 315 g/mol. The number of benzene rings is 1. The van der Waals surface area contributed by atoms with E-state index in [0.29, 0.717) is 36.9 Å². The van der Waals surface area contributed by atoms with E-state index < -0.39 is 17.2 Å². The zero-order chi connectivity index (χ0) is 15.0. The van der Waals surface area contributed by atoms with Crippen LogP contribution in [-0.4, -0.2) is 28.6 Å². The van der Waals surface area contributed by atoms with Crippen LogP contribution in [0.2, 0.25) is 0 Å². The zero-order valence-corrected chi connectivity index (χ0v) is 12.6. The minimum Gasteiger partial charge on any atom is -0.379 e. The van der Waals surface area contributed by atoms with Gasteiger partial charge in [0.15, 0.2) is 11.6 Å². The summed E-state index contributed by atoms with van der Waals surface area (Å²) in [5.74, 6) is -0.656. The van der Waals surface area contributed by atoms with Crippen molar-refractivity contribution < 1.29 is 13.5 Å². The molecule has 0 aliphatic carbocycles. The molecule has 1 aliphatic heterocycles. The standard InChI is InChI=1S/C15H17ClF2N2O/c1-15(6-2-8-21-9-15)20-12(5-7-16)19-11-4-3-10(17)13(18)14(11)20/h3-4H,2,5-9H2,1H3. The molecule has 0 N–H and O–H groups in total. The van der Waals surface area contributed by atoms with Gasteiger partial charge in [-0.2, -0.15) is 0 Å². The number of fused-ring (bicyclic) bond motifs is 1. The molecule has 1 atom stereocenters. The first kappa shape index (κ1) is 14.7. The zero-order valence-electron chi connectivity index (χ0n) is 11.8. The molecule has 21 heavy (non-hydrogen) atoms. The van der Waals surface area contributed by atoms with Crippen LogP contribution in [0.3, 0.4) is 0 Å². The molecule has 2 aromatic rings. The molecule has 6 heteroatoms. The van der Waals surface area contributed by atoms with Crippen molar-refractivity contribution in [3.8, 4) is 0 Å². The lowest BCUT2D eigenvalue weighted by molar-refractivity contribution is 0.00999. The minimum absolute atomic E-state index is 0.211. The molecule has 1 aromatic heterocycles. The molecule has 2 heterocycles. The summed E-state index contributed by atoms with van der Waals surface area (Å²) in [6.45, 7) is 3.16. The second-order valence-corrected chi connectivity index (χ2v) is 6.06. The molecule has 114 valence electrons. The van der Waals surface area contributed by atoms with Gasteiger partial charge in [-0.05, 0) is 31.9 Å². The third-order valence-electron chi connectivity index (χ3n) is 4.05. The van der Waals surface area contributed by atoms with Crippen LogP contribution in [0.1, 0.15) is 25.6 Å². The average Bonchev–Trinajstić information content (AvgIpc) is 2.84. The summed E-state index contributed by atoms with van der Waals surface area (Å²) >= 11 is 5.84. The number of imidazole rings is 1. The molecule has 1 aliphatic rings. The largest absolute Gasteiger partial charge is 0.379 e. The molecule has 0 saturated carbocycles. The number of hydrogen-bond donors (Lipinski definition) is 0. The maximum Gasteiger partial charge on any atom is 0.184 e. The van der Waals surface area contributed by atoms with E-state index in [2.05, 4.69) is 4.98 Å². The van der Waals surface area contributed by atoms with Gasteiger partial charge in [0.1, 0.15) is 11.3 Å². The molecule has 3 rings (SSSR count). The van der Waals surface area contributed by atoms with E-state index in [1.165, 1.54) is 6.07 Å². The quantitative estimate of drug-likeness (QED) is 0.809. The molecule has 0 amide bonds. The second-order valence-electron chi connectivity index (χ2n) is 5.68. The first-order valence-corrected chi connectivity index (χ1v) is 7.60. The van der Waals surface area contributed by atoms with Crippen molar-refractivity contribution in [2.24, 2.45) is 0 Å². The Hall–Kier alpha value is -1.20. The van der Waals surface area contributed by atoms with Gasteiger partial charge in [-0.15, -0.1) is 11.6 Å². The topological polar surface area (TPSA) is 27.1 Å². The predicted octanol–water partition coefficient (Wildman–Crippen LogP) is 3.62. The number of rotatable bonds is 3. The number of alkyl halides is 1. The van der Waals surface area contributed by atoms with E-state index in [1.807, 2.05) is 6.92 Å². The third kappa shape index (κ3) is 2.42. The Bertz CT molecular complexity index is 665. The van der Waals surface area contributed by atoms with Crippen molar-refractivity contribution in [2.45, 2.75) is 31.7 Å². The van der Waals surface area contributed by atoms with Gasteiger partial charge in [0.2, 0.25) is 0 Å². The van der Waals surface area contributed by atoms with Crippen LogP contribution in [0.15, 0.2) is 12.1 Å². The Balaban J connectivity index is 2.26. The van der Waals surface area contributed by atoms with Crippen LogP contribution in [0.5, 0.6) is 0 Å². The highest BCUT2D eigenvalue weighted by molar-refractivity contribution is 6.17. The maximum absolute atomic E-state index is 14.3. The third-order valence-corrected chi connectivity index (χ3v) is 4.24. The van der Waals surface area contributed by atoms with Gasteiger partial charge >= 0.3 is 0 Å². The molecule has 3 nitrogen and oxygen atoms in total. The van der Waals surface area contributed by atoms with E-state index in [0.717, 1.165) is 18.9 Å². The Kier molecular flexibility index (Phi) is 3.88. The Morgan fingerprint density at radius 2 is 2.24 bits per heavy atom. The number of nitrogens with zero attached hydrogens (tertiary/aromatic N) is 2. The second kappa shape index (κ2) is 5.54. The van der Waals surface area contributed by atoms with Crippen LogP contribution in [-0.2, 0) is 16.7 Å². The van der Waals surface area contributed by atoms with Gasteiger partial charge in [-0.3, -0.25) is 0 Å². The number of halogens is 3. The van der Waals surface area contributed by atoms with Gasteiger partial charge in [0, 0.05) is 18.9 Å². The first-order valence-electron chi connectivity index (χ1n) is 7.06. The summed E-state index contributed by atoms with van der Waals surface area (Å²) in [5.41, 5.74) is 0.243. The maximum atomic E-state index is 14.3. The number of hydrogen-bond acceptors (Lipinski definition) is 2. The monoisotopic (exact) mass is 314 g/mol. The van der Waals surface area contributed by atoms with Gasteiger partial charge in [0.25, 0.3) is 0 Å². The van der Waals surface area contributed by atoms with Crippen LogP contribution >= 0.6 is 11.6 Å². The lowest BCUT2D eigenvalue weighted by Crippen LogP contribution is -2.40. The first-order chi connectivity index (χ1) is 10.1. The summed E-state index contributed by atoms with van der Waals surface area (Å²) in [6.07, 6.45) is 2.23. The van der Waals surface area contributed by atoms with Crippen molar-refractivity contribution in [1.29, 1.82) is 0 Å². The van der Waals surface area contributed by atoms with Gasteiger partial charge in [0.05, 0.1) is 17.7 Å². The lowest BCUT2D eigenvalue weighted by atomic mass is 9.94. The van der Waals surface area contributed by atoms with Gasteiger partial charge in [-0.1, -0.05) is 0 Å². The molecule has 0 bridgehead atoms. The van der Waals surface area contributed by atoms with Gasteiger partial charge < -0.3 is 9.30 Å². The predicted molar refractivity (Wildman–Crippen MR) is 77.8 cm³/mol. The fourth-order valence-electron chi connectivity index (χ4n) is 3.08. The molecule has 1 aromatic carbocycles. The van der Waals surface area contributed by atoms with Crippen LogP contribution in [0.25, 0.3) is 11.0 Å². The van der Waals surface area contributed by atoms with E-state index in [9.17, 15) is 8.78 Å². The number of ether oxygens (including phenoxy) is 1. The normalized spacial score (nSPS) is 22.9. The van der Waals surface area contributed by atoms with E-state index in [-0.39, 0.29) is 5.52 Å². The van der Waals surface area contributed by atoms with Crippen LogP contribution in [0.4, 0.5) is 8.78 Å². The summed E-state index contributed by atoms with van der Waals surface area (Å²) < 4.78 is 35.3. The molecule has 1 fully saturated rings. The highest BCUT2D eigenvalue weighted by Gasteiger charge is 2.34. The molecule has 0 spiro atoms. The van der Waals surface area contributed by atoms with Crippen molar-refractivity contribution in [1.82, 2.24) is 9.55 Å². The van der Waals surface area contributed by atoms with E-state index >= 15 is 0 Å². The van der Waals surface area contributed by atoms with Crippen molar-refractivity contribution in [2.75, 3.05) is 19.1 Å². The summed E-state index contributed by atoms with van der Waals surface area (Å²) in [7, 11) is 0. The number of aromatic nitrogens is 2. The van der Waals surface area contributed by atoms with Crippen molar-refractivity contribution >= 4 is 22.6 Å². The summed E-state index contributed by atoms with van der Waals surface area (Å²) in [5, 5.41) is 0. The minimum atomic E-state index is -0.860. The molecular formula is C15H17ClF2N2O. The molecule has 1 saturated heterocycles. The fourth-order valence-corrected chi connectivity index (χ4v) is 3.25. The molecule has 1 unspecified atom stereocenters. The highest BCUT2D eigenvalue weighted by Crippen LogP contribution is 2.34. The highest BCUT2D eigenvalue weighted by atomic mass is 35.5. The fraction of sp³-hybridized carbons (Fsp3) is 0.533. The Morgan fingerprint density at radius 1 is 1.43 bits per heavy atom. The summed E-state index contributed by atoms with van der Waals surface area (Å²) in [4.78, 5) is 4.44. The molecular weight excluding hydrogens is 298 g/mol. The van der Waals surface area contributed by atoms with E-state index in [1.54, 1.807) is 4.57 Å². The van der Waals surface area contributed by atoms with Crippen molar-refractivity contribution in [3.05, 3.63) is 29.6 Å². The van der Waals surface area contributed by atoms with Crippen molar-refractivity contribution in [3.63, 3.8) is 0 Å². The Labute approximate surface area is 126 Å². The summed E-state index contributed by atoms with van der Waals surface area (Å²) in [6, 6.07) is 2.62. The Morgan fingerprint density at radius 3 is 2.90 bits per heavy atom. The SMILES string of the molecule is CC1(n2c(CCCl)nc3ccc(F)c(F)c32)CCCOC1. The van der Waals surface area contributed by atoms with Gasteiger partial charge in [-0.25, -0.2) is 13.8 Å². The molecule has 0 radical (unpaired) electrons. The smallest absolute Gasteiger partial charge is 0.184 e. The van der Waals surface area contributed by atoms with Crippen LogP contribution < -0.4 is 0 Å². The van der Waals surface area contributed by atoms with E-state index in [4.69, 9.17) is 16.3 Å². The van der Waals surface area contributed by atoms with Crippen LogP contribution in [0, 0.1) is 11.6 Å².